The third-order valence-electron chi connectivity index (χ3n) is 3.34. The molecule has 1 heterocycles. The summed E-state index contributed by atoms with van der Waals surface area (Å²) < 4.78 is 10.9. The summed E-state index contributed by atoms with van der Waals surface area (Å²) in [5, 5.41) is 2.76. The zero-order chi connectivity index (χ0) is 14.7. The van der Waals surface area contributed by atoms with Crippen molar-refractivity contribution in [1.82, 2.24) is 0 Å². The minimum atomic E-state index is -0.235. The first-order chi connectivity index (χ1) is 10.2. The van der Waals surface area contributed by atoms with Crippen molar-refractivity contribution >= 4 is 11.6 Å². The lowest BCUT2D eigenvalue weighted by Gasteiger charge is -2.10. The van der Waals surface area contributed by atoms with Crippen molar-refractivity contribution in [2.75, 3.05) is 18.5 Å². The van der Waals surface area contributed by atoms with Crippen LogP contribution < -0.4 is 5.32 Å². The Labute approximate surface area is 123 Å². The quantitative estimate of drug-likeness (QED) is 0.939. The highest BCUT2D eigenvalue weighted by molar-refractivity contribution is 5.88. The number of carbonyl (C=O) groups is 1. The molecule has 0 radical (unpaired) electrons. The van der Waals surface area contributed by atoms with Gasteiger partial charge in [0.25, 0.3) is 0 Å². The van der Waals surface area contributed by atoms with E-state index in [0.29, 0.717) is 13.2 Å². The number of nitrogens with one attached hydrogen (secondary N) is 1. The monoisotopic (exact) mass is 283 g/mol. The topological polar surface area (TPSA) is 47.6 Å². The molecular formula is C17H17NO3. The normalized spacial score (nSPS) is 15.1. The number of ether oxygens (including phenoxy) is 2. The minimum absolute atomic E-state index is 0.0660. The van der Waals surface area contributed by atoms with Crippen molar-refractivity contribution in [3.05, 3.63) is 54.1 Å². The number of hydrogen-bond acceptors (Lipinski definition) is 3. The number of rotatable bonds is 3. The van der Waals surface area contributed by atoms with E-state index < -0.39 is 0 Å². The molecule has 0 bridgehead atoms. The molecule has 108 valence electrons. The van der Waals surface area contributed by atoms with Gasteiger partial charge in [0.1, 0.15) is 0 Å². The number of hydrogen-bond donors (Lipinski definition) is 1. The molecule has 4 heteroatoms. The molecule has 1 fully saturated rings. The SMILES string of the molecule is CC(=O)Nc1ccc(-c2ccc(C3OCCO3)cc2)cc1. The molecule has 0 spiro atoms. The average molecular weight is 283 g/mol. The van der Waals surface area contributed by atoms with E-state index in [2.05, 4.69) is 5.32 Å². The molecular weight excluding hydrogens is 266 g/mol. The molecule has 0 aromatic heterocycles. The second kappa shape index (κ2) is 6.08. The van der Waals surface area contributed by atoms with Gasteiger partial charge in [-0.3, -0.25) is 4.79 Å². The summed E-state index contributed by atoms with van der Waals surface area (Å²) in [5.74, 6) is -0.0660. The summed E-state index contributed by atoms with van der Waals surface area (Å²) >= 11 is 0. The van der Waals surface area contributed by atoms with Gasteiger partial charge in [-0.05, 0) is 23.3 Å². The van der Waals surface area contributed by atoms with Gasteiger partial charge in [0.15, 0.2) is 6.29 Å². The fraction of sp³-hybridized carbons (Fsp3) is 0.235. The second-order valence-electron chi connectivity index (χ2n) is 4.95. The van der Waals surface area contributed by atoms with Crippen LogP contribution in [0.25, 0.3) is 11.1 Å². The molecule has 3 rings (SSSR count). The predicted octanol–water partition coefficient (Wildman–Crippen LogP) is 3.36. The van der Waals surface area contributed by atoms with Crippen molar-refractivity contribution in [2.24, 2.45) is 0 Å². The zero-order valence-electron chi connectivity index (χ0n) is 11.8. The standard InChI is InChI=1S/C17H17NO3/c1-12(19)18-16-8-6-14(7-9-16)13-2-4-15(5-3-13)17-20-10-11-21-17/h2-9,17H,10-11H2,1H3,(H,18,19). The summed E-state index contributed by atoms with van der Waals surface area (Å²) in [6.45, 7) is 2.80. The van der Waals surface area contributed by atoms with E-state index in [4.69, 9.17) is 9.47 Å². The molecule has 0 unspecified atom stereocenters. The lowest BCUT2D eigenvalue weighted by Crippen LogP contribution is -2.05. The molecule has 1 saturated heterocycles. The molecule has 21 heavy (non-hydrogen) atoms. The van der Waals surface area contributed by atoms with Crippen LogP contribution >= 0.6 is 0 Å². The third kappa shape index (κ3) is 3.29. The summed E-state index contributed by atoms with van der Waals surface area (Å²) in [5.41, 5.74) is 4.05. The number of carbonyl (C=O) groups excluding carboxylic acids is 1. The second-order valence-corrected chi connectivity index (χ2v) is 4.95. The first kappa shape index (κ1) is 13.8. The van der Waals surface area contributed by atoms with Gasteiger partial charge in [-0.2, -0.15) is 0 Å². The van der Waals surface area contributed by atoms with Gasteiger partial charge in [-0.1, -0.05) is 36.4 Å². The number of anilines is 1. The Kier molecular flexibility index (Phi) is 3.99. The molecule has 4 nitrogen and oxygen atoms in total. The molecule has 0 saturated carbocycles. The predicted molar refractivity (Wildman–Crippen MR) is 80.8 cm³/mol. The van der Waals surface area contributed by atoms with E-state index in [1.165, 1.54) is 6.92 Å². The van der Waals surface area contributed by atoms with Crippen molar-refractivity contribution in [2.45, 2.75) is 13.2 Å². The van der Waals surface area contributed by atoms with Crippen LogP contribution in [-0.4, -0.2) is 19.1 Å². The fourth-order valence-electron chi connectivity index (χ4n) is 2.33. The van der Waals surface area contributed by atoms with Gasteiger partial charge < -0.3 is 14.8 Å². The van der Waals surface area contributed by atoms with Gasteiger partial charge in [0.05, 0.1) is 13.2 Å². The first-order valence-corrected chi connectivity index (χ1v) is 6.93. The maximum atomic E-state index is 11.0. The Hall–Kier alpha value is -2.17. The smallest absolute Gasteiger partial charge is 0.221 e. The van der Waals surface area contributed by atoms with E-state index in [9.17, 15) is 4.79 Å². The number of amides is 1. The van der Waals surface area contributed by atoms with Crippen LogP contribution in [0.15, 0.2) is 48.5 Å². The Balaban J connectivity index is 1.75. The van der Waals surface area contributed by atoms with Crippen LogP contribution in [-0.2, 0) is 14.3 Å². The Morgan fingerprint density at radius 1 is 0.952 bits per heavy atom. The Morgan fingerprint density at radius 3 is 2.00 bits per heavy atom. The third-order valence-corrected chi connectivity index (χ3v) is 3.34. The molecule has 1 aliphatic heterocycles. The van der Waals surface area contributed by atoms with Gasteiger partial charge in [-0.25, -0.2) is 0 Å². The summed E-state index contributed by atoms with van der Waals surface area (Å²) in [6, 6.07) is 15.9. The molecule has 2 aromatic rings. The zero-order valence-corrected chi connectivity index (χ0v) is 11.8. The summed E-state index contributed by atoms with van der Waals surface area (Å²) in [6.07, 6.45) is -0.235. The lowest BCUT2D eigenvalue weighted by molar-refractivity contribution is -0.114. The largest absolute Gasteiger partial charge is 0.346 e. The van der Waals surface area contributed by atoms with E-state index in [0.717, 1.165) is 22.4 Å². The Morgan fingerprint density at radius 2 is 1.48 bits per heavy atom. The van der Waals surface area contributed by atoms with Crippen LogP contribution in [0.3, 0.4) is 0 Å². The highest BCUT2D eigenvalue weighted by Crippen LogP contribution is 2.27. The molecule has 2 aromatic carbocycles. The van der Waals surface area contributed by atoms with Crippen LogP contribution in [0, 0.1) is 0 Å². The average Bonchev–Trinajstić information content (AvgIpc) is 3.02. The van der Waals surface area contributed by atoms with Gasteiger partial charge in [0, 0.05) is 18.2 Å². The van der Waals surface area contributed by atoms with Gasteiger partial charge in [-0.15, -0.1) is 0 Å². The molecule has 1 N–H and O–H groups in total. The van der Waals surface area contributed by atoms with Gasteiger partial charge >= 0.3 is 0 Å². The fourth-order valence-corrected chi connectivity index (χ4v) is 2.33. The Bertz CT molecular complexity index is 613. The van der Waals surface area contributed by atoms with Crippen LogP contribution in [0.4, 0.5) is 5.69 Å². The van der Waals surface area contributed by atoms with E-state index in [1.807, 2.05) is 48.5 Å². The van der Waals surface area contributed by atoms with E-state index in [-0.39, 0.29) is 12.2 Å². The molecule has 0 aliphatic carbocycles. The summed E-state index contributed by atoms with van der Waals surface area (Å²) in [4.78, 5) is 11.0. The van der Waals surface area contributed by atoms with Crippen LogP contribution in [0.2, 0.25) is 0 Å². The highest BCUT2D eigenvalue weighted by Gasteiger charge is 2.17. The first-order valence-electron chi connectivity index (χ1n) is 6.93. The lowest BCUT2D eigenvalue weighted by atomic mass is 10.0. The highest BCUT2D eigenvalue weighted by atomic mass is 16.7. The molecule has 0 atom stereocenters. The van der Waals surface area contributed by atoms with E-state index in [1.54, 1.807) is 0 Å². The number of benzene rings is 2. The van der Waals surface area contributed by atoms with Crippen molar-refractivity contribution in [3.8, 4) is 11.1 Å². The van der Waals surface area contributed by atoms with Gasteiger partial charge in [0.2, 0.25) is 5.91 Å². The van der Waals surface area contributed by atoms with Crippen molar-refractivity contribution in [3.63, 3.8) is 0 Å². The summed E-state index contributed by atoms with van der Waals surface area (Å²) in [7, 11) is 0. The minimum Gasteiger partial charge on any atom is -0.346 e. The van der Waals surface area contributed by atoms with Crippen LogP contribution in [0.1, 0.15) is 18.8 Å². The van der Waals surface area contributed by atoms with E-state index >= 15 is 0 Å². The molecule has 1 aliphatic rings. The maximum Gasteiger partial charge on any atom is 0.221 e. The van der Waals surface area contributed by atoms with Crippen molar-refractivity contribution < 1.29 is 14.3 Å². The maximum absolute atomic E-state index is 11.0. The molecule has 1 amide bonds. The van der Waals surface area contributed by atoms with Crippen LogP contribution in [0.5, 0.6) is 0 Å². The van der Waals surface area contributed by atoms with Crippen molar-refractivity contribution in [1.29, 1.82) is 0 Å².